The van der Waals surface area contributed by atoms with Crippen LogP contribution >= 0.6 is 0 Å². The van der Waals surface area contributed by atoms with Gasteiger partial charge in [0.25, 0.3) is 0 Å². The molecule has 4 atom stereocenters. The maximum Gasteiger partial charge on any atom is 0.411 e. The lowest BCUT2D eigenvalue weighted by Crippen LogP contribution is -2.51. The minimum Gasteiger partial charge on any atom is -0.444 e. The predicted octanol–water partition coefficient (Wildman–Crippen LogP) is 5.18. The van der Waals surface area contributed by atoms with E-state index in [4.69, 9.17) is 4.74 Å². The molecule has 0 radical (unpaired) electrons. The van der Waals surface area contributed by atoms with Crippen molar-refractivity contribution in [2.45, 2.75) is 96.9 Å². The second-order valence-corrected chi connectivity index (χ2v) is 12.5. The molecule has 0 unspecified atom stereocenters. The number of halogens is 1. The lowest BCUT2D eigenvalue weighted by molar-refractivity contribution is -0.126. The molecule has 1 aromatic rings. The topological polar surface area (TPSA) is 76.9 Å². The molecule has 0 N–H and O–H groups in total. The third kappa shape index (κ3) is 6.48. The maximum atomic E-state index is 15.2. The van der Waals surface area contributed by atoms with Crippen molar-refractivity contribution in [1.29, 1.82) is 5.26 Å². The third-order valence-corrected chi connectivity index (χ3v) is 8.28. The van der Waals surface area contributed by atoms with Crippen molar-refractivity contribution in [3.63, 3.8) is 0 Å². The van der Waals surface area contributed by atoms with Crippen LogP contribution in [-0.2, 0) is 16.0 Å². The Morgan fingerprint density at radius 3 is 2.58 bits per heavy atom. The Hall–Kier alpha value is -2.66. The van der Waals surface area contributed by atoms with Gasteiger partial charge in [-0.05, 0) is 90.3 Å². The zero-order valence-corrected chi connectivity index (χ0v) is 23.6. The van der Waals surface area contributed by atoms with Gasteiger partial charge in [0, 0.05) is 50.4 Å². The number of ketones is 1. The number of anilines is 1. The van der Waals surface area contributed by atoms with E-state index in [0.717, 1.165) is 57.5 Å². The molecule has 2 heterocycles. The molecule has 0 spiro atoms. The molecule has 7 nitrogen and oxygen atoms in total. The van der Waals surface area contributed by atoms with Gasteiger partial charge in [0.05, 0.1) is 18.0 Å². The van der Waals surface area contributed by atoms with Crippen molar-refractivity contribution in [3.05, 3.63) is 29.6 Å². The van der Waals surface area contributed by atoms with Crippen LogP contribution in [-0.4, -0.2) is 71.6 Å². The van der Waals surface area contributed by atoms with Gasteiger partial charge in [-0.1, -0.05) is 6.07 Å². The lowest BCUT2D eigenvalue weighted by atomic mass is 9.88. The van der Waals surface area contributed by atoms with Crippen LogP contribution in [0.25, 0.3) is 0 Å². The highest BCUT2D eigenvalue weighted by Crippen LogP contribution is 2.44. The first-order valence-corrected chi connectivity index (χ1v) is 14.2. The normalized spacial score (nSPS) is 24.8. The minimum absolute atomic E-state index is 0.00202. The number of amides is 1. The van der Waals surface area contributed by atoms with Gasteiger partial charge in [-0.3, -0.25) is 14.6 Å². The van der Waals surface area contributed by atoms with Crippen molar-refractivity contribution >= 4 is 17.6 Å². The van der Waals surface area contributed by atoms with E-state index < -0.39 is 23.7 Å². The first-order valence-electron chi connectivity index (χ1n) is 14.2. The number of Topliss-reactive ketones (excluding diaryl/α,β-unsaturated/α-hetero) is 1. The average molecular weight is 527 g/mol. The number of fused-ring (bicyclic) bond motifs is 2. The summed E-state index contributed by atoms with van der Waals surface area (Å²) < 4.78 is 20.8. The molecule has 1 aromatic carbocycles. The number of nitriles is 1. The Balaban J connectivity index is 1.40. The molecule has 2 saturated heterocycles. The molecule has 1 saturated carbocycles. The fourth-order valence-electron chi connectivity index (χ4n) is 6.38. The molecular formula is C30H43FN4O3. The van der Waals surface area contributed by atoms with Crippen LogP contribution in [0.15, 0.2) is 18.2 Å². The highest BCUT2D eigenvalue weighted by atomic mass is 19.1. The van der Waals surface area contributed by atoms with Gasteiger partial charge >= 0.3 is 6.09 Å². The Morgan fingerprint density at radius 2 is 1.92 bits per heavy atom. The number of carbonyl (C=O) groups excluding carboxylic acids is 2. The Morgan fingerprint density at radius 1 is 1.16 bits per heavy atom. The Kier molecular flexibility index (Phi) is 8.66. The van der Waals surface area contributed by atoms with Gasteiger partial charge in [-0.15, -0.1) is 0 Å². The van der Waals surface area contributed by atoms with Crippen molar-refractivity contribution in [3.8, 4) is 6.07 Å². The van der Waals surface area contributed by atoms with E-state index in [9.17, 15) is 14.9 Å². The molecule has 208 valence electrons. The van der Waals surface area contributed by atoms with Gasteiger partial charge in [-0.25, -0.2) is 9.18 Å². The summed E-state index contributed by atoms with van der Waals surface area (Å²) in [5.74, 6) is -1.00. The number of carbonyl (C=O) groups is 2. The van der Waals surface area contributed by atoms with Crippen LogP contribution in [0.1, 0.15) is 72.3 Å². The van der Waals surface area contributed by atoms with E-state index in [1.165, 1.54) is 0 Å². The number of benzene rings is 1. The van der Waals surface area contributed by atoms with Crippen LogP contribution in [0.4, 0.5) is 14.9 Å². The number of likely N-dealkylation sites (tertiary alicyclic amines) is 1. The summed E-state index contributed by atoms with van der Waals surface area (Å²) in [5.41, 5.74) is 0.659. The quantitative estimate of drug-likeness (QED) is 0.488. The largest absolute Gasteiger partial charge is 0.444 e. The first kappa shape index (κ1) is 28.4. The summed E-state index contributed by atoms with van der Waals surface area (Å²) in [6, 6.07) is 7.43. The van der Waals surface area contributed by atoms with Crippen molar-refractivity contribution in [2.75, 3.05) is 31.1 Å². The average Bonchev–Trinajstić information content (AvgIpc) is 3.37. The molecule has 4 rings (SSSR count). The molecule has 2 bridgehead atoms. The van der Waals surface area contributed by atoms with Gasteiger partial charge in [0.1, 0.15) is 11.4 Å². The highest BCUT2D eigenvalue weighted by molar-refractivity contribution is 5.89. The van der Waals surface area contributed by atoms with Gasteiger partial charge in [0.2, 0.25) is 0 Å². The zero-order valence-electron chi connectivity index (χ0n) is 23.6. The first-order chi connectivity index (χ1) is 18.0. The molecular weight excluding hydrogens is 483 g/mol. The fourth-order valence-corrected chi connectivity index (χ4v) is 6.38. The molecule has 2 aliphatic heterocycles. The highest BCUT2D eigenvalue weighted by Gasteiger charge is 2.52. The van der Waals surface area contributed by atoms with E-state index in [1.807, 2.05) is 26.8 Å². The summed E-state index contributed by atoms with van der Waals surface area (Å²) in [7, 11) is 0. The molecule has 3 aliphatic rings. The minimum atomic E-state index is -0.653. The predicted molar refractivity (Wildman–Crippen MR) is 145 cm³/mol. The number of rotatable bonds is 7. The smallest absolute Gasteiger partial charge is 0.411 e. The fraction of sp³-hybridized carbons (Fsp3) is 0.700. The molecule has 3 fully saturated rings. The molecule has 1 aliphatic carbocycles. The van der Waals surface area contributed by atoms with E-state index >= 15 is 4.39 Å². The van der Waals surface area contributed by atoms with Crippen molar-refractivity contribution < 1.29 is 18.7 Å². The van der Waals surface area contributed by atoms with Gasteiger partial charge < -0.3 is 9.64 Å². The van der Waals surface area contributed by atoms with Crippen molar-refractivity contribution in [2.24, 2.45) is 11.8 Å². The van der Waals surface area contributed by atoms with Crippen LogP contribution in [0, 0.1) is 29.0 Å². The summed E-state index contributed by atoms with van der Waals surface area (Å²) in [6.45, 7) is 13.6. The van der Waals surface area contributed by atoms with Crippen LogP contribution in [0.2, 0.25) is 0 Å². The number of hydrogen-bond donors (Lipinski definition) is 0. The number of nitrogens with zero attached hydrogens (tertiary/aromatic N) is 4. The van der Waals surface area contributed by atoms with E-state index in [2.05, 4.69) is 29.7 Å². The SMILES string of the molecule is CC(C)N1CCCN(c2ccc(C[C@@H](C#N)CC(=O)[C@@H]3[C@H]4CC[C@H](C4)N3C(=O)OC(C)(C)C)c(F)c2)CC1. The molecule has 38 heavy (non-hydrogen) atoms. The number of hydrogen-bond acceptors (Lipinski definition) is 6. The number of piperidine rings is 1. The summed E-state index contributed by atoms with van der Waals surface area (Å²) in [4.78, 5) is 32.6. The summed E-state index contributed by atoms with van der Waals surface area (Å²) in [5, 5.41) is 9.85. The standard InChI is InChI=1S/C30H43FN4O3/c1-20(2)33-11-6-12-34(14-13-33)24-9-7-22(26(31)18-24)15-21(19-32)16-27(36)28-23-8-10-25(17-23)35(28)29(37)38-30(3,4)5/h7,9,18,20-21,23,25,28H,6,8,10-17H2,1-5H3/t21-,23+,25-,28+/m1/s1. The van der Waals surface area contributed by atoms with Crippen LogP contribution in [0.3, 0.4) is 0 Å². The van der Waals surface area contributed by atoms with Crippen LogP contribution in [0.5, 0.6) is 0 Å². The van der Waals surface area contributed by atoms with Gasteiger partial charge in [-0.2, -0.15) is 5.26 Å². The Bertz CT molecular complexity index is 1060. The maximum absolute atomic E-state index is 15.2. The zero-order chi connectivity index (χ0) is 27.6. The monoisotopic (exact) mass is 526 g/mol. The summed E-state index contributed by atoms with van der Waals surface area (Å²) >= 11 is 0. The second-order valence-electron chi connectivity index (χ2n) is 12.5. The van der Waals surface area contributed by atoms with E-state index in [0.29, 0.717) is 11.6 Å². The van der Waals surface area contributed by atoms with Gasteiger partial charge in [0.15, 0.2) is 5.78 Å². The third-order valence-electron chi connectivity index (χ3n) is 8.28. The van der Waals surface area contributed by atoms with Crippen LogP contribution < -0.4 is 4.90 Å². The number of ether oxygens (including phenoxy) is 1. The lowest BCUT2D eigenvalue weighted by Gasteiger charge is -2.35. The Labute approximate surface area is 226 Å². The molecule has 0 aromatic heterocycles. The van der Waals surface area contributed by atoms with Crippen molar-refractivity contribution in [1.82, 2.24) is 9.80 Å². The molecule has 8 heteroatoms. The summed E-state index contributed by atoms with van der Waals surface area (Å²) in [6.07, 6.45) is 3.32. The second kappa shape index (κ2) is 11.6. The molecule has 1 amide bonds. The van der Waals surface area contributed by atoms with E-state index in [-0.39, 0.29) is 36.4 Å². The van der Waals surface area contributed by atoms with E-state index in [1.54, 1.807) is 17.0 Å².